The predicted octanol–water partition coefficient (Wildman–Crippen LogP) is 5.54. The second-order valence-electron chi connectivity index (χ2n) is 8.94. The number of rotatable bonds is 8. The number of ether oxygens (including phenoxy) is 1. The predicted molar refractivity (Wildman–Crippen MR) is 133 cm³/mol. The number of benzene rings is 2. The Kier molecular flexibility index (Phi) is 6.68. The SMILES string of the molecule is Cc1nn(C(C)C)cc1-c1nc(-c2ccc(N(C)C)c(F)c2)nn1C(C)COc1ccccc1. The van der Waals surface area contributed by atoms with E-state index in [1.54, 1.807) is 11.0 Å². The van der Waals surface area contributed by atoms with Crippen LogP contribution in [0.2, 0.25) is 0 Å². The van der Waals surface area contributed by atoms with E-state index in [0.29, 0.717) is 29.5 Å². The molecule has 0 N–H and O–H groups in total. The standard InChI is InChI=1S/C26H31FN6O/c1-17(2)32-15-22(19(4)29-32)26-28-25(20-12-13-24(31(5)6)23(27)14-20)30-33(26)18(3)16-34-21-10-8-7-9-11-21/h7-15,17-18H,16H2,1-6H3. The lowest BCUT2D eigenvalue weighted by Crippen LogP contribution is -2.17. The molecule has 34 heavy (non-hydrogen) atoms. The summed E-state index contributed by atoms with van der Waals surface area (Å²) >= 11 is 0. The van der Waals surface area contributed by atoms with Crippen molar-refractivity contribution < 1.29 is 9.13 Å². The number of hydrogen-bond acceptors (Lipinski definition) is 5. The van der Waals surface area contributed by atoms with Gasteiger partial charge >= 0.3 is 0 Å². The highest BCUT2D eigenvalue weighted by atomic mass is 19.1. The molecular weight excluding hydrogens is 431 g/mol. The van der Waals surface area contributed by atoms with Crippen molar-refractivity contribution in [1.82, 2.24) is 24.5 Å². The van der Waals surface area contributed by atoms with E-state index in [4.69, 9.17) is 14.8 Å². The minimum Gasteiger partial charge on any atom is -0.491 e. The molecule has 2 heterocycles. The summed E-state index contributed by atoms with van der Waals surface area (Å²) in [5, 5.41) is 9.43. The van der Waals surface area contributed by atoms with Crippen LogP contribution >= 0.6 is 0 Å². The van der Waals surface area contributed by atoms with E-state index in [9.17, 15) is 4.39 Å². The number of anilines is 1. The molecule has 0 radical (unpaired) electrons. The smallest absolute Gasteiger partial charge is 0.181 e. The molecule has 4 aromatic rings. The maximum Gasteiger partial charge on any atom is 0.181 e. The van der Waals surface area contributed by atoms with Gasteiger partial charge in [-0.25, -0.2) is 14.1 Å². The summed E-state index contributed by atoms with van der Waals surface area (Å²) in [5.41, 5.74) is 2.89. The molecule has 178 valence electrons. The van der Waals surface area contributed by atoms with Gasteiger partial charge in [-0.2, -0.15) is 10.2 Å². The van der Waals surface area contributed by atoms with Crippen molar-refractivity contribution in [1.29, 1.82) is 0 Å². The second-order valence-corrected chi connectivity index (χ2v) is 8.94. The Hall–Kier alpha value is -3.68. The number of aromatic nitrogens is 5. The molecule has 0 aliphatic heterocycles. The van der Waals surface area contributed by atoms with Crippen LogP contribution in [0, 0.1) is 12.7 Å². The minimum absolute atomic E-state index is 0.121. The van der Waals surface area contributed by atoms with E-state index < -0.39 is 0 Å². The monoisotopic (exact) mass is 462 g/mol. The van der Waals surface area contributed by atoms with Crippen LogP contribution in [0.3, 0.4) is 0 Å². The summed E-state index contributed by atoms with van der Waals surface area (Å²) in [6.45, 7) is 8.56. The Labute approximate surface area is 199 Å². The van der Waals surface area contributed by atoms with Crippen LogP contribution in [-0.2, 0) is 0 Å². The molecule has 0 aliphatic rings. The van der Waals surface area contributed by atoms with Crippen molar-refractivity contribution >= 4 is 5.69 Å². The molecule has 1 atom stereocenters. The number of para-hydroxylation sites is 1. The van der Waals surface area contributed by atoms with Gasteiger partial charge in [0.05, 0.1) is 23.0 Å². The van der Waals surface area contributed by atoms with Crippen LogP contribution in [0.5, 0.6) is 5.75 Å². The Bertz CT molecular complexity index is 1260. The maximum absolute atomic E-state index is 14.7. The van der Waals surface area contributed by atoms with Gasteiger partial charge in [0, 0.05) is 31.9 Å². The third kappa shape index (κ3) is 4.81. The van der Waals surface area contributed by atoms with Crippen LogP contribution in [0.25, 0.3) is 22.8 Å². The summed E-state index contributed by atoms with van der Waals surface area (Å²) in [5.74, 6) is 1.62. The summed E-state index contributed by atoms with van der Waals surface area (Å²) in [6, 6.07) is 14.8. The summed E-state index contributed by atoms with van der Waals surface area (Å²) in [4.78, 5) is 6.58. The highest BCUT2D eigenvalue weighted by Gasteiger charge is 2.22. The van der Waals surface area contributed by atoms with Gasteiger partial charge in [-0.05, 0) is 58.0 Å². The lowest BCUT2D eigenvalue weighted by molar-refractivity contribution is 0.252. The minimum atomic E-state index is -0.315. The third-order valence-corrected chi connectivity index (χ3v) is 5.66. The van der Waals surface area contributed by atoms with Gasteiger partial charge in [-0.15, -0.1) is 0 Å². The fraction of sp³-hybridized carbons (Fsp3) is 0.346. The Morgan fingerprint density at radius 3 is 2.38 bits per heavy atom. The normalized spacial score (nSPS) is 12.2. The van der Waals surface area contributed by atoms with E-state index in [1.165, 1.54) is 6.07 Å². The molecule has 2 aromatic carbocycles. The zero-order chi connectivity index (χ0) is 24.4. The van der Waals surface area contributed by atoms with E-state index in [2.05, 4.69) is 18.9 Å². The summed E-state index contributed by atoms with van der Waals surface area (Å²) < 4.78 is 24.5. The molecule has 8 heteroatoms. The molecular formula is C26H31FN6O. The molecule has 0 spiro atoms. The van der Waals surface area contributed by atoms with E-state index in [-0.39, 0.29) is 17.9 Å². The number of halogens is 1. The summed E-state index contributed by atoms with van der Waals surface area (Å²) in [7, 11) is 3.62. The zero-order valence-corrected chi connectivity index (χ0v) is 20.5. The highest BCUT2D eigenvalue weighted by molar-refractivity contribution is 5.65. The van der Waals surface area contributed by atoms with Gasteiger partial charge in [0.15, 0.2) is 11.6 Å². The van der Waals surface area contributed by atoms with Crippen LogP contribution in [0.15, 0.2) is 54.7 Å². The molecule has 0 saturated heterocycles. The quantitative estimate of drug-likeness (QED) is 0.344. The molecule has 4 rings (SSSR count). The van der Waals surface area contributed by atoms with E-state index in [1.807, 2.05) is 79.9 Å². The molecule has 0 aliphatic carbocycles. The van der Waals surface area contributed by atoms with Crippen molar-refractivity contribution in [2.45, 2.75) is 39.8 Å². The van der Waals surface area contributed by atoms with Crippen LogP contribution in [0.4, 0.5) is 10.1 Å². The van der Waals surface area contributed by atoms with Gasteiger partial charge in [0.2, 0.25) is 0 Å². The van der Waals surface area contributed by atoms with Crippen molar-refractivity contribution in [2.75, 3.05) is 25.6 Å². The Morgan fingerprint density at radius 2 is 1.76 bits per heavy atom. The fourth-order valence-corrected chi connectivity index (χ4v) is 3.72. The molecule has 0 amide bonds. The molecule has 2 aromatic heterocycles. The van der Waals surface area contributed by atoms with Crippen molar-refractivity contribution in [2.24, 2.45) is 0 Å². The molecule has 7 nitrogen and oxygen atoms in total. The van der Waals surface area contributed by atoms with Crippen molar-refractivity contribution in [3.05, 3.63) is 66.2 Å². The first-order valence-electron chi connectivity index (χ1n) is 11.4. The van der Waals surface area contributed by atoms with Gasteiger partial charge in [0.25, 0.3) is 0 Å². The van der Waals surface area contributed by atoms with Crippen LogP contribution in [0.1, 0.15) is 38.5 Å². The number of hydrogen-bond donors (Lipinski definition) is 0. The Morgan fingerprint density at radius 1 is 1.03 bits per heavy atom. The fourth-order valence-electron chi connectivity index (χ4n) is 3.72. The maximum atomic E-state index is 14.7. The van der Waals surface area contributed by atoms with Crippen molar-refractivity contribution in [3.8, 4) is 28.5 Å². The number of aryl methyl sites for hydroxylation is 1. The lowest BCUT2D eigenvalue weighted by Gasteiger charge is -2.15. The zero-order valence-electron chi connectivity index (χ0n) is 20.5. The first kappa shape index (κ1) is 23.5. The number of nitrogens with zero attached hydrogens (tertiary/aromatic N) is 6. The van der Waals surface area contributed by atoms with Crippen molar-refractivity contribution in [3.63, 3.8) is 0 Å². The average molecular weight is 463 g/mol. The van der Waals surface area contributed by atoms with E-state index in [0.717, 1.165) is 17.0 Å². The molecule has 1 unspecified atom stereocenters. The first-order chi connectivity index (χ1) is 16.2. The van der Waals surface area contributed by atoms with Gasteiger partial charge in [0.1, 0.15) is 18.2 Å². The Balaban J connectivity index is 1.74. The van der Waals surface area contributed by atoms with Gasteiger partial charge < -0.3 is 9.64 Å². The largest absolute Gasteiger partial charge is 0.491 e. The first-order valence-corrected chi connectivity index (χ1v) is 11.4. The third-order valence-electron chi connectivity index (χ3n) is 5.66. The van der Waals surface area contributed by atoms with Crippen LogP contribution in [-0.4, -0.2) is 45.2 Å². The lowest BCUT2D eigenvalue weighted by atomic mass is 10.2. The highest BCUT2D eigenvalue weighted by Crippen LogP contribution is 2.30. The molecule has 0 saturated carbocycles. The molecule has 0 fully saturated rings. The average Bonchev–Trinajstić information content (AvgIpc) is 3.42. The second kappa shape index (κ2) is 9.67. The van der Waals surface area contributed by atoms with E-state index >= 15 is 0 Å². The summed E-state index contributed by atoms with van der Waals surface area (Å²) in [6.07, 6.45) is 1.99. The van der Waals surface area contributed by atoms with Gasteiger partial charge in [-0.3, -0.25) is 4.68 Å². The molecule has 0 bridgehead atoms. The van der Waals surface area contributed by atoms with Gasteiger partial charge in [-0.1, -0.05) is 18.2 Å². The van der Waals surface area contributed by atoms with Crippen LogP contribution < -0.4 is 9.64 Å². The topological polar surface area (TPSA) is 61.0 Å².